The molecule has 0 bridgehead atoms. The molecule has 0 aliphatic carbocycles. The first-order chi connectivity index (χ1) is 14.9. The summed E-state index contributed by atoms with van der Waals surface area (Å²) in [6.07, 6.45) is -1.09. The first-order valence-electron chi connectivity index (χ1n) is 9.39. The maximum atomic E-state index is 14.2. The van der Waals surface area contributed by atoms with Gasteiger partial charge in [0.2, 0.25) is 0 Å². The Morgan fingerprint density at radius 1 is 1.22 bits per heavy atom. The maximum absolute atomic E-state index is 14.2. The molecule has 0 unspecified atom stereocenters. The fourth-order valence-electron chi connectivity index (χ4n) is 3.53. The molecule has 1 fully saturated rings. The van der Waals surface area contributed by atoms with E-state index in [4.69, 9.17) is 28.3 Å². The van der Waals surface area contributed by atoms with Crippen molar-refractivity contribution in [3.63, 3.8) is 0 Å². The Balaban J connectivity index is 2.12. The van der Waals surface area contributed by atoms with Crippen LogP contribution in [0.4, 0.5) is 9.18 Å². The number of nitrogens with zero attached hydrogens (tertiary/aromatic N) is 4. The first-order valence-corrected chi connectivity index (χ1v) is 11.6. The quantitative estimate of drug-likeness (QED) is 0.375. The lowest BCUT2D eigenvalue weighted by Gasteiger charge is -2.44. The van der Waals surface area contributed by atoms with E-state index in [1.54, 1.807) is 24.8 Å². The van der Waals surface area contributed by atoms with E-state index in [1.807, 2.05) is 0 Å². The van der Waals surface area contributed by atoms with Gasteiger partial charge in [0.25, 0.3) is 0 Å². The van der Waals surface area contributed by atoms with Gasteiger partial charge in [0.15, 0.2) is 5.84 Å². The van der Waals surface area contributed by atoms with Crippen molar-refractivity contribution in [2.75, 3.05) is 13.1 Å². The number of aromatic nitrogens is 1. The van der Waals surface area contributed by atoms with Crippen LogP contribution < -0.4 is 5.14 Å². The van der Waals surface area contributed by atoms with Gasteiger partial charge in [0.1, 0.15) is 11.0 Å². The Morgan fingerprint density at radius 3 is 2.41 bits per heavy atom. The van der Waals surface area contributed by atoms with Crippen LogP contribution in [-0.4, -0.2) is 65.4 Å². The molecule has 172 valence electrons. The number of carbonyl (C=O) groups is 1. The summed E-state index contributed by atoms with van der Waals surface area (Å²) >= 11 is 12.7. The fourth-order valence-corrected chi connectivity index (χ4v) is 4.45. The van der Waals surface area contributed by atoms with E-state index in [-0.39, 0.29) is 45.9 Å². The van der Waals surface area contributed by atoms with Crippen molar-refractivity contribution in [3.8, 4) is 11.3 Å². The highest BCUT2D eigenvalue weighted by Crippen LogP contribution is 2.33. The van der Waals surface area contributed by atoms with Crippen molar-refractivity contribution in [1.29, 1.82) is 0 Å². The Morgan fingerprint density at radius 2 is 1.81 bits per heavy atom. The Kier molecular flexibility index (Phi) is 6.94. The first kappa shape index (κ1) is 24.2. The SMILES string of the molecule is C[C@@H]1CN(C(=NS(N)(=O)=O)c2cc(Cl)c(-c3ccccc3F)nc2Cl)[C@@H](C)CN1C(=O)O. The molecule has 9 nitrogen and oxygen atoms in total. The molecule has 2 aromatic rings. The zero-order valence-corrected chi connectivity index (χ0v) is 19.4. The molecule has 3 rings (SSSR count). The average Bonchev–Trinajstić information content (AvgIpc) is 2.69. The summed E-state index contributed by atoms with van der Waals surface area (Å²) in [5, 5.41) is 14.4. The minimum absolute atomic E-state index is 0.0153. The molecule has 2 atom stereocenters. The van der Waals surface area contributed by atoms with Crippen LogP contribution in [0, 0.1) is 5.82 Å². The van der Waals surface area contributed by atoms with Gasteiger partial charge >= 0.3 is 16.3 Å². The van der Waals surface area contributed by atoms with Crippen LogP contribution in [0.25, 0.3) is 11.3 Å². The molecular weight excluding hydrogens is 484 g/mol. The number of benzene rings is 1. The molecule has 3 N–H and O–H groups in total. The van der Waals surface area contributed by atoms with Crippen LogP contribution in [0.2, 0.25) is 10.2 Å². The number of amides is 1. The summed E-state index contributed by atoms with van der Waals surface area (Å²) in [6, 6.07) is 6.24. The summed E-state index contributed by atoms with van der Waals surface area (Å²) in [4.78, 5) is 18.5. The second kappa shape index (κ2) is 9.18. The van der Waals surface area contributed by atoms with Gasteiger partial charge in [-0.25, -0.2) is 19.3 Å². The van der Waals surface area contributed by atoms with Crippen LogP contribution in [0.5, 0.6) is 0 Å². The van der Waals surface area contributed by atoms with Gasteiger partial charge in [-0.1, -0.05) is 35.3 Å². The number of pyridine rings is 1. The third kappa shape index (κ3) is 5.12. The molecule has 1 aromatic carbocycles. The molecular formula is C19H20Cl2FN5O4S. The second-order valence-corrected chi connectivity index (χ2v) is 9.33. The highest BCUT2D eigenvalue weighted by molar-refractivity contribution is 7.88. The van der Waals surface area contributed by atoms with Gasteiger partial charge in [-0.3, -0.25) is 0 Å². The Bertz CT molecular complexity index is 1190. The van der Waals surface area contributed by atoms with Crippen molar-refractivity contribution < 1.29 is 22.7 Å². The number of carboxylic acid groups (broad SMARTS) is 1. The lowest BCUT2D eigenvalue weighted by Crippen LogP contribution is -2.59. The van der Waals surface area contributed by atoms with Gasteiger partial charge in [0.05, 0.1) is 16.3 Å². The lowest BCUT2D eigenvalue weighted by molar-refractivity contribution is 0.0751. The Labute approximate surface area is 194 Å². The molecule has 1 amide bonds. The number of amidine groups is 1. The van der Waals surface area contributed by atoms with E-state index in [0.29, 0.717) is 0 Å². The van der Waals surface area contributed by atoms with Crippen LogP contribution in [-0.2, 0) is 10.2 Å². The Hall–Kier alpha value is -2.47. The topological polar surface area (TPSA) is 129 Å². The fraction of sp³-hybridized carbons (Fsp3) is 0.316. The summed E-state index contributed by atoms with van der Waals surface area (Å²) in [7, 11) is -4.36. The number of halogens is 3. The molecule has 32 heavy (non-hydrogen) atoms. The van der Waals surface area contributed by atoms with E-state index in [9.17, 15) is 22.7 Å². The molecule has 2 heterocycles. The van der Waals surface area contributed by atoms with E-state index >= 15 is 0 Å². The predicted molar refractivity (Wildman–Crippen MR) is 120 cm³/mol. The van der Waals surface area contributed by atoms with E-state index in [0.717, 1.165) is 0 Å². The van der Waals surface area contributed by atoms with Crippen molar-refractivity contribution in [2.24, 2.45) is 9.54 Å². The molecule has 0 spiro atoms. The summed E-state index contributed by atoms with van der Waals surface area (Å²) in [5.41, 5.74) is 0.257. The van der Waals surface area contributed by atoms with E-state index < -0.39 is 34.2 Å². The van der Waals surface area contributed by atoms with Gasteiger partial charge < -0.3 is 14.9 Å². The smallest absolute Gasteiger partial charge is 0.407 e. The van der Waals surface area contributed by atoms with Crippen LogP contribution in [0.15, 0.2) is 34.7 Å². The van der Waals surface area contributed by atoms with E-state index in [2.05, 4.69) is 9.38 Å². The van der Waals surface area contributed by atoms with Crippen molar-refractivity contribution in [2.45, 2.75) is 25.9 Å². The molecule has 1 aliphatic rings. The molecule has 1 aromatic heterocycles. The zero-order valence-electron chi connectivity index (χ0n) is 17.0. The van der Waals surface area contributed by atoms with Crippen LogP contribution in [0.3, 0.4) is 0 Å². The van der Waals surface area contributed by atoms with Crippen LogP contribution >= 0.6 is 23.2 Å². The second-order valence-electron chi connectivity index (χ2n) is 7.35. The number of hydrogen-bond donors (Lipinski definition) is 2. The van der Waals surface area contributed by atoms with Crippen molar-refractivity contribution in [1.82, 2.24) is 14.8 Å². The number of hydrogen-bond acceptors (Lipinski definition) is 4. The molecule has 13 heteroatoms. The number of piperazine rings is 1. The molecule has 1 saturated heterocycles. The standard InChI is InChI=1S/C19H20Cl2FN5O4S/c1-10-9-27(19(28)29)11(2)8-26(10)18(25-32(23,30)31)13-7-14(20)16(24-17(13)21)12-5-3-4-6-15(12)22/h3-7,10-11H,8-9H2,1-2H3,(H,28,29)(H2,23,30,31)/t10-,11+/m0/s1. The molecule has 1 aliphatic heterocycles. The minimum atomic E-state index is -4.36. The molecule has 0 radical (unpaired) electrons. The predicted octanol–water partition coefficient (Wildman–Crippen LogP) is 3.22. The van der Waals surface area contributed by atoms with Gasteiger partial charge in [-0.15, -0.1) is 4.40 Å². The summed E-state index contributed by atoms with van der Waals surface area (Å²) < 4.78 is 41.6. The van der Waals surface area contributed by atoms with Gasteiger partial charge in [-0.05, 0) is 32.0 Å². The van der Waals surface area contributed by atoms with Crippen molar-refractivity contribution in [3.05, 3.63) is 51.9 Å². The largest absolute Gasteiger partial charge is 0.465 e. The normalized spacial score (nSPS) is 19.9. The third-order valence-electron chi connectivity index (χ3n) is 5.02. The zero-order chi connectivity index (χ0) is 23.8. The summed E-state index contributed by atoms with van der Waals surface area (Å²) in [6.45, 7) is 3.59. The third-order valence-corrected chi connectivity index (χ3v) is 6.02. The highest BCUT2D eigenvalue weighted by atomic mass is 35.5. The van der Waals surface area contributed by atoms with Gasteiger partial charge in [-0.2, -0.15) is 8.42 Å². The summed E-state index contributed by atoms with van der Waals surface area (Å²) in [5.74, 6) is -0.687. The number of rotatable bonds is 3. The van der Waals surface area contributed by atoms with E-state index in [1.165, 1.54) is 29.2 Å². The lowest BCUT2D eigenvalue weighted by atomic mass is 10.1. The molecule has 0 saturated carbocycles. The highest BCUT2D eigenvalue weighted by Gasteiger charge is 2.35. The van der Waals surface area contributed by atoms with Gasteiger partial charge in [0, 0.05) is 30.7 Å². The van der Waals surface area contributed by atoms with Crippen LogP contribution in [0.1, 0.15) is 19.4 Å². The average molecular weight is 504 g/mol. The van der Waals surface area contributed by atoms with Crippen molar-refractivity contribution >= 4 is 45.3 Å². The maximum Gasteiger partial charge on any atom is 0.407 e. The minimum Gasteiger partial charge on any atom is -0.465 e. The monoisotopic (exact) mass is 503 g/mol. The number of nitrogens with two attached hydrogens (primary N) is 1.